The molecule has 0 aromatic heterocycles. The zero-order chi connectivity index (χ0) is 13.9. The molecule has 0 unspecified atom stereocenters. The van der Waals surface area contributed by atoms with Crippen LogP contribution >= 0.6 is 0 Å². The van der Waals surface area contributed by atoms with Crippen LogP contribution < -0.4 is 5.32 Å². The van der Waals surface area contributed by atoms with Gasteiger partial charge in [0, 0.05) is 17.7 Å². The van der Waals surface area contributed by atoms with Gasteiger partial charge < -0.3 is 10.4 Å². The van der Waals surface area contributed by atoms with Gasteiger partial charge in [-0.1, -0.05) is 0 Å². The number of nitrogens with zero attached hydrogens (tertiary/aromatic N) is 1. The van der Waals surface area contributed by atoms with E-state index in [9.17, 15) is 19.7 Å². The van der Waals surface area contributed by atoms with Gasteiger partial charge in [-0.25, -0.2) is 4.79 Å². The van der Waals surface area contributed by atoms with Gasteiger partial charge in [-0.2, -0.15) is 0 Å². The molecule has 0 saturated heterocycles. The number of amides is 1. The van der Waals surface area contributed by atoms with Gasteiger partial charge in [0.1, 0.15) is 5.54 Å². The molecule has 0 spiro atoms. The third kappa shape index (κ3) is 3.03. The molecule has 0 aliphatic heterocycles. The van der Waals surface area contributed by atoms with E-state index in [4.69, 9.17) is 5.11 Å². The first-order valence-corrected chi connectivity index (χ1v) is 5.04. The Kier molecular flexibility index (Phi) is 3.65. The Hall–Kier alpha value is -2.44. The number of hydrogen-bond donors (Lipinski definition) is 2. The smallest absolute Gasteiger partial charge is 0.328 e. The zero-order valence-corrected chi connectivity index (χ0v) is 9.84. The van der Waals surface area contributed by atoms with E-state index in [0.29, 0.717) is 0 Å². The molecule has 0 heterocycles. The van der Waals surface area contributed by atoms with Gasteiger partial charge in [-0.05, 0) is 26.0 Å². The van der Waals surface area contributed by atoms with E-state index >= 15 is 0 Å². The fourth-order valence-electron chi connectivity index (χ4n) is 1.14. The van der Waals surface area contributed by atoms with Crippen molar-refractivity contribution in [1.82, 2.24) is 5.32 Å². The molecule has 1 aromatic rings. The van der Waals surface area contributed by atoms with Crippen LogP contribution in [0.3, 0.4) is 0 Å². The molecule has 18 heavy (non-hydrogen) atoms. The van der Waals surface area contributed by atoms with Gasteiger partial charge in [0.05, 0.1) is 4.92 Å². The number of benzene rings is 1. The number of aliphatic carboxylic acids is 1. The van der Waals surface area contributed by atoms with Crippen molar-refractivity contribution in [1.29, 1.82) is 0 Å². The summed E-state index contributed by atoms with van der Waals surface area (Å²) in [5.41, 5.74) is -1.38. The summed E-state index contributed by atoms with van der Waals surface area (Å²) in [6.07, 6.45) is 0. The summed E-state index contributed by atoms with van der Waals surface area (Å²) in [5, 5.41) is 21.6. The zero-order valence-electron chi connectivity index (χ0n) is 9.84. The molecule has 0 radical (unpaired) electrons. The maximum atomic E-state index is 11.7. The highest BCUT2D eigenvalue weighted by molar-refractivity contribution is 5.97. The Morgan fingerprint density at radius 3 is 2.17 bits per heavy atom. The number of carboxylic acid groups (broad SMARTS) is 1. The van der Waals surface area contributed by atoms with Crippen LogP contribution in [0.1, 0.15) is 24.2 Å². The van der Waals surface area contributed by atoms with Gasteiger partial charge in [-0.3, -0.25) is 14.9 Å². The fourth-order valence-corrected chi connectivity index (χ4v) is 1.14. The average molecular weight is 252 g/mol. The third-order valence-corrected chi connectivity index (χ3v) is 2.30. The number of carbonyl (C=O) groups excluding carboxylic acids is 1. The number of nitrogens with one attached hydrogen (secondary N) is 1. The Labute approximate surface area is 103 Å². The highest BCUT2D eigenvalue weighted by Crippen LogP contribution is 2.13. The number of nitro groups is 1. The fraction of sp³-hybridized carbons (Fsp3) is 0.273. The van der Waals surface area contributed by atoms with Crippen LogP contribution in [0.2, 0.25) is 0 Å². The van der Waals surface area contributed by atoms with Crippen molar-refractivity contribution >= 4 is 17.6 Å². The molecule has 0 saturated carbocycles. The second-order valence-corrected chi connectivity index (χ2v) is 4.19. The number of hydrogen-bond acceptors (Lipinski definition) is 4. The second kappa shape index (κ2) is 4.82. The summed E-state index contributed by atoms with van der Waals surface area (Å²) in [6, 6.07) is 4.90. The van der Waals surface area contributed by atoms with E-state index < -0.39 is 22.3 Å². The molecule has 1 aromatic carbocycles. The van der Waals surface area contributed by atoms with E-state index in [1.165, 1.54) is 38.1 Å². The number of non-ortho nitro benzene ring substituents is 1. The molecule has 0 aliphatic carbocycles. The van der Waals surface area contributed by atoms with E-state index in [-0.39, 0.29) is 11.3 Å². The van der Waals surface area contributed by atoms with Crippen LogP contribution in [0.5, 0.6) is 0 Å². The van der Waals surface area contributed by atoms with Crippen molar-refractivity contribution in [2.24, 2.45) is 0 Å². The maximum Gasteiger partial charge on any atom is 0.328 e. The van der Waals surface area contributed by atoms with Crippen LogP contribution in [-0.4, -0.2) is 27.4 Å². The number of carboxylic acids is 1. The lowest BCUT2D eigenvalue weighted by Gasteiger charge is -2.20. The summed E-state index contributed by atoms with van der Waals surface area (Å²) < 4.78 is 0. The quantitative estimate of drug-likeness (QED) is 0.617. The average Bonchev–Trinajstić information content (AvgIpc) is 2.28. The largest absolute Gasteiger partial charge is 0.480 e. The molecule has 7 heteroatoms. The topological polar surface area (TPSA) is 110 Å². The number of nitro benzene ring substituents is 1. The molecule has 0 fully saturated rings. The van der Waals surface area contributed by atoms with Crippen molar-refractivity contribution in [3.05, 3.63) is 39.9 Å². The van der Waals surface area contributed by atoms with Crippen molar-refractivity contribution in [2.75, 3.05) is 0 Å². The van der Waals surface area contributed by atoms with E-state index in [1.807, 2.05) is 0 Å². The molecule has 96 valence electrons. The van der Waals surface area contributed by atoms with Crippen LogP contribution in [0.4, 0.5) is 5.69 Å². The van der Waals surface area contributed by atoms with Crippen LogP contribution in [0.15, 0.2) is 24.3 Å². The Morgan fingerprint density at radius 2 is 1.78 bits per heavy atom. The van der Waals surface area contributed by atoms with Crippen LogP contribution in [0, 0.1) is 10.1 Å². The summed E-state index contributed by atoms with van der Waals surface area (Å²) in [5.74, 6) is -1.77. The predicted molar refractivity (Wildman–Crippen MR) is 62.3 cm³/mol. The molecule has 7 nitrogen and oxygen atoms in total. The summed E-state index contributed by atoms with van der Waals surface area (Å²) >= 11 is 0. The monoisotopic (exact) mass is 252 g/mol. The van der Waals surface area contributed by atoms with Crippen LogP contribution in [-0.2, 0) is 4.79 Å². The van der Waals surface area contributed by atoms with Crippen molar-refractivity contribution < 1.29 is 19.6 Å². The normalized spacial score (nSPS) is 10.8. The molecular weight excluding hydrogens is 240 g/mol. The minimum Gasteiger partial charge on any atom is -0.480 e. The molecule has 1 amide bonds. The lowest BCUT2D eigenvalue weighted by molar-refractivity contribution is -0.384. The van der Waals surface area contributed by atoms with Gasteiger partial charge in [-0.15, -0.1) is 0 Å². The van der Waals surface area contributed by atoms with E-state index in [1.54, 1.807) is 0 Å². The Bertz CT molecular complexity index is 493. The lowest BCUT2D eigenvalue weighted by atomic mass is 10.1. The number of rotatable bonds is 4. The molecule has 2 N–H and O–H groups in total. The SMILES string of the molecule is CC(C)(NC(=O)c1ccc([N+](=O)[O-])cc1)C(=O)O. The Balaban J connectivity index is 2.86. The van der Waals surface area contributed by atoms with Gasteiger partial charge in [0.2, 0.25) is 0 Å². The second-order valence-electron chi connectivity index (χ2n) is 4.19. The highest BCUT2D eigenvalue weighted by Gasteiger charge is 2.29. The summed E-state index contributed by atoms with van der Waals surface area (Å²) in [6.45, 7) is 2.69. The molecular formula is C11H12N2O5. The molecule has 1 rings (SSSR count). The summed E-state index contributed by atoms with van der Waals surface area (Å²) in [7, 11) is 0. The Morgan fingerprint density at radius 1 is 1.28 bits per heavy atom. The third-order valence-electron chi connectivity index (χ3n) is 2.30. The van der Waals surface area contributed by atoms with Crippen molar-refractivity contribution in [3.63, 3.8) is 0 Å². The molecule has 0 aliphatic rings. The van der Waals surface area contributed by atoms with Crippen molar-refractivity contribution in [2.45, 2.75) is 19.4 Å². The minimum atomic E-state index is -1.40. The van der Waals surface area contributed by atoms with Gasteiger partial charge in [0.15, 0.2) is 0 Å². The molecule has 0 atom stereocenters. The highest BCUT2D eigenvalue weighted by atomic mass is 16.6. The maximum absolute atomic E-state index is 11.7. The van der Waals surface area contributed by atoms with Gasteiger partial charge in [0.25, 0.3) is 11.6 Å². The van der Waals surface area contributed by atoms with Crippen LogP contribution in [0.25, 0.3) is 0 Å². The lowest BCUT2D eigenvalue weighted by Crippen LogP contribution is -2.49. The standard InChI is InChI=1S/C11H12N2O5/c1-11(2,10(15)16)12-9(14)7-3-5-8(6-4-7)13(17)18/h3-6H,1-2H3,(H,12,14)(H,15,16). The van der Waals surface area contributed by atoms with E-state index in [0.717, 1.165) is 0 Å². The predicted octanol–water partition coefficient (Wildman–Crippen LogP) is 1.19. The first kappa shape index (κ1) is 13.6. The van der Waals surface area contributed by atoms with Crippen molar-refractivity contribution in [3.8, 4) is 0 Å². The molecule has 0 bridgehead atoms. The first-order valence-electron chi connectivity index (χ1n) is 5.04. The number of carbonyl (C=O) groups is 2. The van der Waals surface area contributed by atoms with E-state index in [2.05, 4.69) is 5.32 Å². The summed E-state index contributed by atoms with van der Waals surface area (Å²) in [4.78, 5) is 32.4. The first-order chi connectivity index (χ1) is 8.24. The van der Waals surface area contributed by atoms with Gasteiger partial charge >= 0.3 is 5.97 Å². The minimum absolute atomic E-state index is 0.135.